The van der Waals surface area contributed by atoms with Crippen molar-refractivity contribution < 1.29 is 9.53 Å². The van der Waals surface area contributed by atoms with E-state index in [0.29, 0.717) is 5.54 Å². The van der Waals surface area contributed by atoms with Crippen molar-refractivity contribution in [3.63, 3.8) is 0 Å². The third-order valence-corrected chi connectivity index (χ3v) is 1.96. The van der Waals surface area contributed by atoms with Crippen LogP contribution in [-0.2, 0) is 9.53 Å². The Morgan fingerprint density at radius 1 is 1.17 bits per heavy atom. The molecule has 0 N–H and O–H groups in total. The first-order chi connectivity index (χ1) is 5.61. The summed E-state index contributed by atoms with van der Waals surface area (Å²) in [5.41, 5.74) is 0.323. The minimum absolute atomic E-state index is 0.323. The van der Waals surface area contributed by atoms with Crippen molar-refractivity contribution in [1.82, 2.24) is 4.90 Å². The lowest BCUT2D eigenvalue weighted by atomic mass is 10.1. The van der Waals surface area contributed by atoms with Crippen molar-refractivity contribution in [1.29, 1.82) is 0 Å². The predicted octanol–water partition coefficient (Wildman–Crippen LogP) is 0.932. The summed E-state index contributed by atoms with van der Waals surface area (Å²) in [6.45, 7) is 12.7. The molecule has 1 aliphatic rings. The smallest absolute Gasteiger partial charge is 0.106 e. The summed E-state index contributed by atoms with van der Waals surface area (Å²) in [6.07, 6.45) is 0. The topological polar surface area (TPSA) is 29.5 Å². The van der Waals surface area contributed by atoms with Gasteiger partial charge in [0.15, 0.2) is 0 Å². The van der Waals surface area contributed by atoms with Crippen LogP contribution in [0.1, 0.15) is 20.8 Å². The highest BCUT2D eigenvalue weighted by Crippen LogP contribution is 2.13. The molecular formula is C9H19NO2. The highest BCUT2D eigenvalue weighted by Gasteiger charge is 2.22. The van der Waals surface area contributed by atoms with Gasteiger partial charge in [-0.15, -0.1) is 0 Å². The minimum atomic E-state index is 0.323. The molecule has 0 spiro atoms. The Kier molecular flexibility index (Phi) is 5.09. The maximum atomic E-state index is 8.00. The SMILES string of the molecule is C=O.CC(C)(C)N1CCOCC1. The first-order valence-corrected chi connectivity index (χ1v) is 4.22. The van der Waals surface area contributed by atoms with Gasteiger partial charge in [-0.1, -0.05) is 0 Å². The first-order valence-electron chi connectivity index (χ1n) is 4.22. The fourth-order valence-corrected chi connectivity index (χ4v) is 1.23. The maximum Gasteiger partial charge on any atom is 0.106 e. The quantitative estimate of drug-likeness (QED) is 0.546. The summed E-state index contributed by atoms with van der Waals surface area (Å²) in [5, 5.41) is 0. The summed E-state index contributed by atoms with van der Waals surface area (Å²) in [4.78, 5) is 10.5. The van der Waals surface area contributed by atoms with Crippen LogP contribution in [-0.4, -0.2) is 43.5 Å². The number of morpholine rings is 1. The highest BCUT2D eigenvalue weighted by atomic mass is 16.5. The van der Waals surface area contributed by atoms with Crippen molar-refractivity contribution in [2.75, 3.05) is 26.3 Å². The van der Waals surface area contributed by atoms with Crippen LogP contribution in [0.15, 0.2) is 0 Å². The van der Waals surface area contributed by atoms with Crippen LogP contribution in [0.4, 0.5) is 0 Å². The van der Waals surface area contributed by atoms with Gasteiger partial charge < -0.3 is 9.53 Å². The molecule has 0 aromatic rings. The number of rotatable bonds is 0. The molecule has 0 unspecified atom stereocenters. The molecule has 12 heavy (non-hydrogen) atoms. The molecule has 0 aromatic heterocycles. The van der Waals surface area contributed by atoms with Gasteiger partial charge in [-0.3, -0.25) is 4.90 Å². The molecule has 1 saturated heterocycles. The molecule has 0 amide bonds. The van der Waals surface area contributed by atoms with Crippen LogP contribution in [0.5, 0.6) is 0 Å². The number of nitrogens with zero attached hydrogens (tertiary/aromatic N) is 1. The zero-order valence-electron chi connectivity index (χ0n) is 8.30. The number of ether oxygens (including phenoxy) is 1. The van der Waals surface area contributed by atoms with Gasteiger partial charge in [0.1, 0.15) is 6.79 Å². The van der Waals surface area contributed by atoms with Gasteiger partial charge in [0.2, 0.25) is 0 Å². The van der Waals surface area contributed by atoms with Gasteiger partial charge in [-0.2, -0.15) is 0 Å². The summed E-state index contributed by atoms with van der Waals surface area (Å²) in [6, 6.07) is 0. The Morgan fingerprint density at radius 2 is 1.58 bits per heavy atom. The average Bonchev–Trinajstić information content (AvgIpc) is 2.08. The summed E-state index contributed by atoms with van der Waals surface area (Å²) in [5.74, 6) is 0. The molecule has 1 heterocycles. The number of carbonyl (C=O) groups excluding carboxylic acids is 1. The Morgan fingerprint density at radius 3 is 1.83 bits per heavy atom. The van der Waals surface area contributed by atoms with E-state index in [9.17, 15) is 0 Å². The second kappa shape index (κ2) is 5.27. The summed E-state index contributed by atoms with van der Waals surface area (Å²) in [7, 11) is 0. The zero-order chi connectivity index (χ0) is 9.61. The molecule has 1 rings (SSSR count). The van der Waals surface area contributed by atoms with Gasteiger partial charge in [0.05, 0.1) is 13.2 Å². The minimum Gasteiger partial charge on any atom is -0.379 e. The highest BCUT2D eigenvalue weighted by molar-refractivity contribution is 5.10. The molecule has 0 bridgehead atoms. The molecule has 0 radical (unpaired) electrons. The predicted molar refractivity (Wildman–Crippen MR) is 49.3 cm³/mol. The van der Waals surface area contributed by atoms with Crippen molar-refractivity contribution in [3.8, 4) is 0 Å². The van der Waals surface area contributed by atoms with E-state index in [1.54, 1.807) is 0 Å². The van der Waals surface area contributed by atoms with Gasteiger partial charge in [0, 0.05) is 18.6 Å². The van der Waals surface area contributed by atoms with Gasteiger partial charge >= 0.3 is 0 Å². The molecule has 0 saturated carbocycles. The second-order valence-electron chi connectivity index (χ2n) is 3.77. The molecule has 1 aliphatic heterocycles. The summed E-state index contributed by atoms with van der Waals surface area (Å²) < 4.78 is 5.25. The molecule has 3 heteroatoms. The average molecular weight is 173 g/mol. The molecular weight excluding hydrogens is 154 g/mol. The molecule has 0 aliphatic carbocycles. The number of carbonyl (C=O) groups is 1. The van der Waals surface area contributed by atoms with E-state index in [0.717, 1.165) is 26.3 Å². The number of hydrogen-bond acceptors (Lipinski definition) is 3. The van der Waals surface area contributed by atoms with E-state index in [1.165, 1.54) is 0 Å². The lowest BCUT2D eigenvalue weighted by Crippen LogP contribution is -2.47. The summed E-state index contributed by atoms with van der Waals surface area (Å²) >= 11 is 0. The Labute approximate surface area is 74.7 Å². The van der Waals surface area contributed by atoms with E-state index in [1.807, 2.05) is 6.79 Å². The van der Waals surface area contributed by atoms with Crippen LogP contribution >= 0.6 is 0 Å². The van der Waals surface area contributed by atoms with E-state index in [2.05, 4.69) is 25.7 Å². The maximum absolute atomic E-state index is 8.00. The van der Waals surface area contributed by atoms with Gasteiger partial charge in [-0.25, -0.2) is 0 Å². The molecule has 0 atom stereocenters. The van der Waals surface area contributed by atoms with Crippen molar-refractivity contribution in [2.45, 2.75) is 26.3 Å². The Balaban J connectivity index is 0.000000561. The fraction of sp³-hybridized carbons (Fsp3) is 0.889. The van der Waals surface area contributed by atoms with Crippen molar-refractivity contribution >= 4 is 6.79 Å². The third-order valence-electron chi connectivity index (χ3n) is 1.96. The monoisotopic (exact) mass is 173 g/mol. The largest absolute Gasteiger partial charge is 0.379 e. The van der Waals surface area contributed by atoms with E-state index in [4.69, 9.17) is 9.53 Å². The Bertz CT molecular complexity index is 114. The zero-order valence-corrected chi connectivity index (χ0v) is 8.30. The van der Waals surface area contributed by atoms with E-state index in [-0.39, 0.29) is 0 Å². The van der Waals surface area contributed by atoms with Gasteiger partial charge in [0.25, 0.3) is 0 Å². The molecule has 3 nitrogen and oxygen atoms in total. The fourth-order valence-electron chi connectivity index (χ4n) is 1.23. The van der Waals surface area contributed by atoms with E-state index >= 15 is 0 Å². The lowest BCUT2D eigenvalue weighted by Gasteiger charge is -2.38. The number of hydrogen-bond donors (Lipinski definition) is 0. The van der Waals surface area contributed by atoms with Crippen molar-refractivity contribution in [3.05, 3.63) is 0 Å². The van der Waals surface area contributed by atoms with Crippen molar-refractivity contribution in [2.24, 2.45) is 0 Å². The standard InChI is InChI=1S/C8H17NO.CH2O/c1-8(2,3)9-4-6-10-7-5-9;1-2/h4-7H2,1-3H3;1H2. The third kappa shape index (κ3) is 3.83. The lowest BCUT2D eigenvalue weighted by molar-refractivity contribution is -0.0979. The van der Waals surface area contributed by atoms with Gasteiger partial charge in [-0.05, 0) is 20.8 Å². The van der Waals surface area contributed by atoms with Crippen LogP contribution < -0.4 is 0 Å². The second-order valence-corrected chi connectivity index (χ2v) is 3.77. The molecule has 0 aromatic carbocycles. The van der Waals surface area contributed by atoms with Crippen LogP contribution in [0.2, 0.25) is 0 Å². The van der Waals surface area contributed by atoms with Crippen LogP contribution in [0.25, 0.3) is 0 Å². The van der Waals surface area contributed by atoms with Crippen LogP contribution in [0, 0.1) is 0 Å². The molecule has 1 fully saturated rings. The molecule has 72 valence electrons. The normalized spacial score (nSPS) is 19.6. The van der Waals surface area contributed by atoms with E-state index < -0.39 is 0 Å². The Hall–Kier alpha value is -0.410. The first kappa shape index (κ1) is 11.6. The van der Waals surface area contributed by atoms with Crippen LogP contribution in [0.3, 0.4) is 0 Å².